The Labute approximate surface area is 93.5 Å². The van der Waals surface area contributed by atoms with Gasteiger partial charge in [0.05, 0.1) is 0 Å². The number of rotatable bonds is 8. The van der Waals surface area contributed by atoms with Crippen molar-refractivity contribution in [2.45, 2.75) is 58.3 Å². The van der Waals surface area contributed by atoms with E-state index in [1.807, 2.05) is 13.8 Å². The zero-order valence-corrected chi connectivity index (χ0v) is 10.3. The highest BCUT2D eigenvalue weighted by Gasteiger charge is 2.30. The van der Waals surface area contributed by atoms with Crippen molar-refractivity contribution in [1.29, 1.82) is 0 Å². The largest absolute Gasteiger partial charge is 0.353 e. The van der Waals surface area contributed by atoms with Crippen LogP contribution in [0.1, 0.15) is 46.5 Å². The molecule has 0 aliphatic heterocycles. The third-order valence-corrected chi connectivity index (χ3v) is 3.09. The van der Waals surface area contributed by atoms with E-state index in [-0.39, 0.29) is 6.29 Å². The van der Waals surface area contributed by atoms with E-state index in [9.17, 15) is 0 Å². The lowest BCUT2D eigenvalue weighted by Gasteiger charge is -2.39. The maximum Gasteiger partial charge on any atom is 0.158 e. The average Bonchev–Trinajstić information content (AvgIpc) is 2.16. The normalized spacial score (nSPS) is 19.2. The van der Waals surface area contributed by atoms with Crippen LogP contribution in [0.3, 0.4) is 0 Å². The molecule has 0 unspecified atom stereocenters. The molecule has 1 N–H and O–H groups in total. The molecular formula is C12H25NO2. The molecule has 0 saturated heterocycles. The molecular weight excluding hydrogens is 190 g/mol. The summed E-state index contributed by atoms with van der Waals surface area (Å²) in [6, 6.07) is 0. The van der Waals surface area contributed by atoms with E-state index < -0.39 is 0 Å². The molecule has 0 aromatic carbocycles. The highest BCUT2D eigenvalue weighted by Crippen LogP contribution is 2.30. The van der Waals surface area contributed by atoms with Crippen LogP contribution >= 0.6 is 0 Å². The Morgan fingerprint density at radius 3 is 2.20 bits per heavy atom. The van der Waals surface area contributed by atoms with Gasteiger partial charge in [-0.2, -0.15) is 0 Å². The molecule has 0 heterocycles. The van der Waals surface area contributed by atoms with Gasteiger partial charge in [-0.05, 0) is 40.0 Å². The fourth-order valence-corrected chi connectivity index (χ4v) is 1.96. The Morgan fingerprint density at radius 2 is 1.80 bits per heavy atom. The molecule has 1 rings (SSSR count). The first kappa shape index (κ1) is 12.9. The minimum atomic E-state index is -0.0313. The molecule has 0 aromatic heterocycles. The summed E-state index contributed by atoms with van der Waals surface area (Å²) in [5.41, 5.74) is 0.392. The Balaban J connectivity index is 2.09. The van der Waals surface area contributed by atoms with Crippen molar-refractivity contribution in [3.05, 3.63) is 0 Å². The molecule has 1 aliphatic rings. The zero-order chi connectivity index (χ0) is 11.1. The van der Waals surface area contributed by atoms with Crippen molar-refractivity contribution in [3.8, 4) is 0 Å². The fourth-order valence-electron chi connectivity index (χ4n) is 1.96. The van der Waals surface area contributed by atoms with Crippen LogP contribution in [-0.4, -0.2) is 31.6 Å². The second-order valence-corrected chi connectivity index (χ2v) is 4.47. The van der Waals surface area contributed by atoms with Gasteiger partial charge in [0.2, 0.25) is 0 Å². The molecule has 1 fully saturated rings. The highest BCUT2D eigenvalue weighted by molar-refractivity contribution is 4.91. The molecule has 90 valence electrons. The van der Waals surface area contributed by atoms with Gasteiger partial charge in [-0.25, -0.2) is 0 Å². The van der Waals surface area contributed by atoms with Crippen molar-refractivity contribution >= 4 is 0 Å². The van der Waals surface area contributed by atoms with Crippen molar-refractivity contribution in [2.75, 3.05) is 19.8 Å². The average molecular weight is 215 g/mol. The summed E-state index contributed by atoms with van der Waals surface area (Å²) in [4.78, 5) is 0. The smallest absolute Gasteiger partial charge is 0.158 e. The topological polar surface area (TPSA) is 30.5 Å². The van der Waals surface area contributed by atoms with Crippen LogP contribution in [-0.2, 0) is 9.47 Å². The van der Waals surface area contributed by atoms with E-state index in [4.69, 9.17) is 9.47 Å². The first-order valence-electron chi connectivity index (χ1n) is 6.18. The lowest BCUT2D eigenvalue weighted by atomic mass is 9.78. The maximum atomic E-state index is 5.49. The van der Waals surface area contributed by atoms with E-state index in [2.05, 4.69) is 12.2 Å². The summed E-state index contributed by atoms with van der Waals surface area (Å²) >= 11 is 0. The molecule has 0 bridgehead atoms. The van der Waals surface area contributed by atoms with Crippen LogP contribution < -0.4 is 5.32 Å². The summed E-state index contributed by atoms with van der Waals surface area (Å²) < 4.78 is 11.0. The lowest BCUT2D eigenvalue weighted by molar-refractivity contribution is -0.139. The van der Waals surface area contributed by atoms with Crippen LogP contribution in [0.2, 0.25) is 0 Å². The van der Waals surface area contributed by atoms with Gasteiger partial charge in [0.15, 0.2) is 6.29 Å². The van der Waals surface area contributed by atoms with Gasteiger partial charge in [-0.1, -0.05) is 0 Å². The summed E-state index contributed by atoms with van der Waals surface area (Å²) in [7, 11) is 0. The molecule has 1 saturated carbocycles. The van der Waals surface area contributed by atoms with Crippen molar-refractivity contribution in [3.63, 3.8) is 0 Å². The zero-order valence-electron chi connectivity index (χ0n) is 10.3. The monoisotopic (exact) mass is 215 g/mol. The lowest BCUT2D eigenvalue weighted by Crippen LogP contribution is -2.49. The molecule has 0 amide bonds. The second-order valence-electron chi connectivity index (χ2n) is 4.47. The Bertz CT molecular complexity index is 163. The van der Waals surface area contributed by atoms with Gasteiger partial charge in [0.25, 0.3) is 0 Å². The minimum Gasteiger partial charge on any atom is -0.353 e. The van der Waals surface area contributed by atoms with E-state index >= 15 is 0 Å². The van der Waals surface area contributed by atoms with Crippen LogP contribution in [0.4, 0.5) is 0 Å². The van der Waals surface area contributed by atoms with Gasteiger partial charge >= 0.3 is 0 Å². The molecule has 3 heteroatoms. The number of hydrogen-bond donors (Lipinski definition) is 1. The summed E-state index contributed by atoms with van der Waals surface area (Å²) in [6.45, 7) is 8.75. The van der Waals surface area contributed by atoms with Gasteiger partial charge in [-0.15, -0.1) is 0 Å². The fraction of sp³-hybridized carbons (Fsp3) is 1.00. The maximum absolute atomic E-state index is 5.49. The predicted octanol–water partition coefficient (Wildman–Crippen LogP) is 2.31. The Kier molecular flexibility index (Phi) is 5.58. The highest BCUT2D eigenvalue weighted by atomic mass is 16.7. The third kappa shape index (κ3) is 4.49. The van der Waals surface area contributed by atoms with Crippen LogP contribution in [0, 0.1) is 0 Å². The van der Waals surface area contributed by atoms with Gasteiger partial charge in [-0.3, -0.25) is 0 Å². The van der Waals surface area contributed by atoms with Gasteiger partial charge in [0.1, 0.15) is 0 Å². The van der Waals surface area contributed by atoms with E-state index in [0.29, 0.717) is 5.54 Å². The molecule has 15 heavy (non-hydrogen) atoms. The summed E-state index contributed by atoms with van der Waals surface area (Å²) in [5, 5.41) is 3.58. The quantitative estimate of drug-likeness (QED) is 0.630. The van der Waals surface area contributed by atoms with Crippen LogP contribution in [0.25, 0.3) is 0 Å². The minimum absolute atomic E-state index is 0.0313. The molecule has 0 radical (unpaired) electrons. The molecule has 1 aliphatic carbocycles. The first-order chi connectivity index (χ1) is 7.20. The van der Waals surface area contributed by atoms with E-state index in [0.717, 1.165) is 26.2 Å². The van der Waals surface area contributed by atoms with Crippen molar-refractivity contribution < 1.29 is 9.47 Å². The third-order valence-electron chi connectivity index (χ3n) is 3.09. The molecule has 0 spiro atoms. The molecule has 3 nitrogen and oxygen atoms in total. The second kappa shape index (κ2) is 6.46. The van der Waals surface area contributed by atoms with E-state index in [1.165, 1.54) is 19.3 Å². The Morgan fingerprint density at radius 1 is 1.20 bits per heavy atom. The van der Waals surface area contributed by atoms with Crippen molar-refractivity contribution in [2.24, 2.45) is 0 Å². The van der Waals surface area contributed by atoms with Gasteiger partial charge in [0, 0.05) is 31.7 Å². The Hall–Kier alpha value is -0.120. The van der Waals surface area contributed by atoms with E-state index in [1.54, 1.807) is 0 Å². The predicted molar refractivity (Wildman–Crippen MR) is 61.9 cm³/mol. The molecule has 0 atom stereocenters. The summed E-state index contributed by atoms with van der Waals surface area (Å²) in [6.07, 6.45) is 4.89. The molecule has 0 aromatic rings. The number of nitrogens with one attached hydrogen (secondary N) is 1. The SMILES string of the molecule is CCOC(CCNC1(C)CCC1)OCC. The van der Waals surface area contributed by atoms with Crippen molar-refractivity contribution in [1.82, 2.24) is 5.32 Å². The first-order valence-corrected chi connectivity index (χ1v) is 6.18. The summed E-state index contributed by atoms with van der Waals surface area (Å²) in [5.74, 6) is 0. The standard InChI is InChI=1S/C12H25NO2/c1-4-14-11(15-5-2)7-10-13-12(3)8-6-9-12/h11,13H,4-10H2,1-3H3. The van der Waals surface area contributed by atoms with Gasteiger partial charge < -0.3 is 14.8 Å². The number of ether oxygens (including phenoxy) is 2. The number of hydrogen-bond acceptors (Lipinski definition) is 3. The van der Waals surface area contributed by atoms with Crippen LogP contribution in [0.15, 0.2) is 0 Å². The van der Waals surface area contributed by atoms with Crippen LogP contribution in [0.5, 0.6) is 0 Å².